The van der Waals surface area contributed by atoms with E-state index in [-0.39, 0.29) is 6.10 Å². The molecule has 1 aromatic carbocycles. The Bertz CT molecular complexity index is 821. The molecule has 0 radical (unpaired) electrons. The van der Waals surface area contributed by atoms with Crippen molar-refractivity contribution in [3.63, 3.8) is 0 Å². The van der Waals surface area contributed by atoms with Crippen LogP contribution in [-0.4, -0.2) is 63.9 Å². The molecule has 2 heterocycles. The average molecular weight is 417 g/mol. The Morgan fingerprint density at radius 2 is 2.14 bits per heavy atom. The second kappa shape index (κ2) is 10.6. The highest BCUT2D eigenvalue weighted by Gasteiger charge is 2.25. The monoisotopic (exact) mass is 416 g/mol. The van der Waals surface area contributed by atoms with Gasteiger partial charge in [-0.05, 0) is 43.4 Å². The van der Waals surface area contributed by atoms with E-state index >= 15 is 0 Å². The van der Waals surface area contributed by atoms with Crippen LogP contribution in [0.15, 0.2) is 29.3 Å². The first-order valence-electron chi connectivity index (χ1n) is 10.1. The number of thioether (sulfide) groups is 1. The number of nitrogens with zero attached hydrogens (tertiary/aromatic N) is 5. The zero-order valence-corrected chi connectivity index (χ0v) is 18.7. The summed E-state index contributed by atoms with van der Waals surface area (Å²) >= 11 is 1.87. The van der Waals surface area contributed by atoms with E-state index in [1.54, 1.807) is 0 Å². The first kappa shape index (κ1) is 21.6. The van der Waals surface area contributed by atoms with Gasteiger partial charge in [0.2, 0.25) is 0 Å². The number of guanidine groups is 1. The summed E-state index contributed by atoms with van der Waals surface area (Å²) in [4.78, 5) is 7.19. The highest BCUT2D eigenvalue weighted by Crippen LogP contribution is 2.25. The zero-order valence-electron chi connectivity index (χ0n) is 17.9. The Balaban J connectivity index is 1.74. The van der Waals surface area contributed by atoms with Gasteiger partial charge in [-0.1, -0.05) is 24.3 Å². The predicted molar refractivity (Wildman–Crippen MR) is 119 cm³/mol. The van der Waals surface area contributed by atoms with Crippen LogP contribution < -0.4 is 5.32 Å². The summed E-state index contributed by atoms with van der Waals surface area (Å²) in [5, 5.41) is 11.9. The molecule has 29 heavy (non-hydrogen) atoms. The Kier molecular flexibility index (Phi) is 7.94. The van der Waals surface area contributed by atoms with Gasteiger partial charge in [0.15, 0.2) is 11.8 Å². The van der Waals surface area contributed by atoms with E-state index in [1.165, 1.54) is 11.1 Å². The molecule has 7 nitrogen and oxygen atoms in total. The van der Waals surface area contributed by atoms with E-state index < -0.39 is 0 Å². The lowest BCUT2D eigenvalue weighted by Crippen LogP contribution is -2.48. The fourth-order valence-corrected chi connectivity index (χ4v) is 3.83. The molecule has 2 aromatic rings. The molecule has 0 spiro atoms. The first-order valence-corrected chi connectivity index (χ1v) is 11.5. The molecule has 1 unspecified atom stereocenters. The highest BCUT2D eigenvalue weighted by atomic mass is 32.2. The van der Waals surface area contributed by atoms with Gasteiger partial charge < -0.3 is 19.5 Å². The van der Waals surface area contributed by atoms with Gasteiger partial charge in [0.1, 0.15) is 18.5 Å². The van der Waals surface area contributed by atoms with Gasteiger partial charge in [-0.25, -0.2) is 4.99 Å². The Hall–Kier alpha value is -2.06. The predicted octanol–water partition coefficient (Wildman–Crippen LogP) is 2.70. The maximum Gasteiger partial charge on any atom is 0.194 e. The Morgan fingerprint density at radius 3 is 2.86 bits per heavy atom. The number of hydrogen-bond acceptors (Lipinski definition) is 5. The largest absolute Gasteiger partial charge is 0.370 e. The molecule has 1 aliphatic rings. The van der Waals surface area contributed by atoms with E-state index in [9.17, 15) is 0 Å². The van der Waals surface area contributed by atoms with Crippen LogP contribution in [0.4, 0.5) is 0 Å². The number of aliphatic imine (C=N–C) groups is 1. The maximum absolute atomic E-state index is 6.10. The number of aryl methyl sites for hydroxylation is 2. The van der Waals surface area contributed by atoms with E-state index in [0.29, 0.717) is 13.2 Å². The summed E-state index contributed by atoms with van der Waals surface area (Å²) in [6, 6.07) is 8.46. The molecule has 1 fully saturated rings. The van der Waals surface area contributed by atoms with E-state index in [4.69, 9.17) is 9.73 Å². The van der Waals surface area contributed by atoms with Crippen molar-refractivity contribution >= 4 is 17.7 Å². The summed E-state index contributed by atoms with van der Waals surface area (Å²) in [7, 11) is 1.98. The minimum absolute atomic E-state index is 0.0558. The Labute approximate surface area is 177 Å². The van der Waals surface area contributed by atoms with Gasteiger partial charge >= 0.3 is 0 Å². The van der Waals surface area contributed by atoms with Crippen LogP contribution in [0.5, 0.6) is 0 Å². The van der Waals surface area contributed by atoms with Gasteiger partial charge in [0.05, 0.1) is 13.2 Å². The van der Waals surface area contributed by atoms with Crippen molar-refractivity contribution in [1.29, 1.82) is 0 Å². The van der Waals surface area contributed by atoms with Crippen LogP contribution in [-0.2, 0) is 18.3 Å². The van der Waals surface area contributed by atoms with Gasteiger partial charge in [-0.2, -0.15) is 11.8 Å². The molecule has 3 rings (SSSR count). The minimum Gasteiger partial charge on any atom is -0.370 e. The second-order valence-electron chi connectivity index (χ2n) is 7.30. The molecule has 1 N–H and O–H groups in total. The van der Waals surface area contributed by atoms with Crippen LogP contribution in [0.3, 0.4) is 0 Å². The van der Waals surface area contributed by atoms with Crippen molar-refractivity contribution in [3.8, 4) is 0 Å². The molecule has 0 amide bonds. The SMILES string of the molecule is CSCCCNC(=NCc1nnc(C)n1C)N1CCOC(c2ccccc2C)C1. The lowest BCUT2D eigenvalue weighted by molar-refractivity contribution is -0.00836. The average Bonchev–Trinajstić information content (AvgIpc) is 3.06. The number of benzene rings is 1. The number of aromatic nitrogens is 3. The normalized spacial score (nSPS) is 17.6. The molecule has 0 aliphatic carbocycles. The van der Waals surface area contributed by atoms with Crippen LogP contribution >= 0.6 is 11.8 Å². The van der Waals surface area contributed by atoms with Gasteiger partial charge in [0.25, 0.3) is 0 Å². The molecular weight excluding hydrogens is 384 g/mol. The molecule has 0 bridgehead atoms. The van der Waals surface area contributed by atoms with Crippen molar-refractivity contribution in [2.75, 3.05) is 38.2 Å². The van der Waals surface area contributed by atoms with Crippen LogP contribution in [0.2, 0.25) is 0 Å². The fraction of sp³-hybridized carbons (Fsp3) is 0.571. The van der Waals surface area contributed by atoms with E-state index in [0.717, 1.165) is 49.4 Å². The molecule has 8 heteroatoms. The third-order valence-corrected chi connectivity index (χ3v) is 5.96. The third-order valence-electron chi connectivity index (χ3n) is 5.26. The molecular formula is C21H32N6OS. The van der Waals surface area contributed by atoms with Gasteiger partial charge in [-0.3, -0.25) is 0 Å². The van der Waals surface area contributed by atoms with Crippen molar-refractivity contribution in [3.05, 3.63) is 47.0 Å². The molecule has 0 saturated carbocycles. The topological polar surface area (TPSA) is 67.6 Å². The van der Waals surface area contributed by atoms with Crippen LogP contribution in [0.25, 0.3) is 0 Å². The van der Waals surface area contributed by atoms with Gasteiger partial charge in [-0.15, -0.1) is 10.2 Å². The number of morpholine rings is 1. The number of nitrogens with one attached hydrogen (secondary N) is 1. The third kappa shape index (κ3) is 5.73. The fourth-order valence-electron chi connectivity index (χ4n) is 3.40. The quantitative estimate of drug-likeness (QED) is 0.425. The number of ether oxygens (including phenoxy) is 1. The molecule has 158 valence electrons. The summed E-state index contributed by atoms with van der Waals surface area (Å²) in [5.74, 6) is 3.83. The van der Waals surface area contributed by atoms with Crippen molar-refractivity contribution in [2.24, 2.45) is 12.0 Å². The van der Waals surface area contributed by atoms with Crippen molar-refractivity contribution < 1.29 is 4.74 Å². The Morgan fingerprint density at radius 1 is 1.31 bits per heavy atom. The summed E-state index contributed by atoms with van der Waals surface area (Å²) in [6.45, 7) is 7.82. The molecule has 1 aromatic heterocycles. The zero-order chi connectivity index (χ0) is 20.6. The molecule has 1 aliphatic heterocycles. The van der Waals surface area contributed by atoms with E-state index in [1.807, 2.05) is 30.3 Å². The summed E-state index contributed by atoms with van der Waals surface area (Å²) in [5.41, 5.74) is 2.52. The summed E-state index contributed by atoms with van der Waals surface area (Å²) < 4.78 is 8.09. The first-order chi connectivity index (χ1) is 14.1. The molecule has 1 atom stereocenters. The van der Waals surface area contributed by atoms with Crippen molar-refractivity contribution in [1.82, 2.24) is 25.0 Å². The van der Waals surface area contributed by atoms with Gasteiger partial charge in [0, 0.05) is 20.1 Å². The lowest BCUT2D eigenvalue weighted by Gasteiger charge is -2.36. The smallest absolute Gasteiger partial charge is 0.194 e. The highest BCUT2D eigenvalue weighted by molar-refractivity contribution is 7.98. The minimum atomic E-state index is 0.0558. The molecule has 1 saturated heterocycles. The van der Waals surface area contributed by atoms with Crippen molar-refractivity contribution in [2.45, 2.75) is 32.9 Å². The van der Waals surface area contributed by atoms with Crippen LogP contribution in [0.1, 0.15) is 35.3 Å². The second-order valence-corrected chi connectivity index (χ2v) is 8.28. The maximum atomic E-state index is 6.10. The van der Waals surface area contributed by atoms with Crippen LogP contribution in [0, 0.1) is 13.8 Å². The number of hydrogen-bond donors (Lipinski definition) is 1. The standard InChI is InChI=1S/C21H32N6OS/c1-16-8-5-6-9-18(16)19-15-27(11-12-28-19)21(22-10-7-13-29-4)23-14-20-25-24-17(2)26(20)3/h5-6,8-9,19H,7,10-15H2,1-4H3,(H,22,23). The summed E-state index contributed by atoms with van der Waals surface area (Å²) in [6.07, 6.45) is 3.30. The number of rotatable bonds is 7. The lowest BCUT2D eigenvalue weighted by atomic mass is 10.0. The van der Waals surface area contributed by atoms with E-state index in [2.05, 4.69) is 57.9 Å².